The highest BCUT2D eigenvalue weighted by Gasteiger charge is 2.32. The second-order valence-corrected chi connectivity index (χ2v) is 14.5. The first-order valence-corrected chi connectivity index (χ1v) is 21.0. The van der Waals surface area contributed by atoms with E-state index in [1.165, 1.54) is 141 Å². The Hall–Kier alpha value is -0.0100. The van der Waals surface area contributed by atoms with Gasteiger partial charge in [-0.15, -0.1) is 0 Å². The summed E-state index contributed by atoms with van der Waals surface area (Å²) in [7, 11) is -4.74. The molecule has 3 atom stereocenters. The second kappa shape index (κ2) is 36.8. The second-order valence-electron chi connectivity index (χ2n) is 13.3. The van der Waals surface area contributed by atoms with Gasteiger partial charge in [-0.1, -0.05) is 194 Å². The first-order chi connectivity index (χ1) is 21.7. The van der Waals surface area contributed by atoms with Gasteiger partial charge in [0.1, 0.15) is 6.10 Å². The summed E-state index contributed by atoms with van der Waals surface area (Å²) in [5, 5.41) is 28.7. The van der Waals surface area contributed by atoms with Crippen molar-refractivity contribution in [1.82, 2.24) is 0 Å². The molecule has 0 aromatic carbocycles. The molecule has 8 heteroatoms. The van der Waals surface area contributed by atoms with Crippen molar-refractivity contribution in [3.63, 3.8) is 0 Å². The monoisotopic (exact) mass is 667 g/mol. The van der Waals surface area contributed by atoms with E-state index in [0.29, 0.717) is 12.8 Å². The predicted molar refractivity (Wildman–Crippen MR) is 192 cm³/mol. The van der Waals surface area contributed by atoms with Gasteiger partial charge >= 0.3 is 7.82 Å². The lowest BCUT2D eigenvalue weighted by molar-refractivity contribution is -0.0628. The summed E-state index contributed by atoms with van der Waals surface area (Å²) in [5.41, 5.74) is 0. The number of phosphoric ester groups is 1. The lowest BCUT2D eigenvalue weighted by Crippen LogP contribution is -2.38. The van der Waals surface area contributed by atoms with E-state index in [9.17, 15) is 24.6 Å². The molecular weight excluding hydrogens is 587 g/mol. The summed E-state index contributed by atoms with van der Waals surface area (Å²) in [6.45, 7) is 6.44. The Labute approximate surface area is 280 Å². The standard InChI is InChI=1S/C35H73O6P.C2H6O/c1-3-5-7-9-11-13-15-17-19-21-23-25-27-29-31-33(36)35(37)34(41-42(38,39)40)32-30-28-26-24-22-20-18-16-14-12-10-8-6-4-2;1-2-3/h33-37H,3-32H2,1-2H3,(H2,38,39,40);3H,2H2,1H3/t33?,34?,35-;/m1./s1. The van der Waals surface area contributed by atoms with Crippen molar-refractivity contribution in [3.05, 3.63) is 0 Å². The van der Waals surface area contributed by atoms with Crippen LogP contribution in [0.1, 0.15) is 213 Å². The smallest absolute Gasteiger partial charge is 0.397 e. The highest BCUT2D eigenvalue weighted by Crippen LogP contribution is 2.40. The van der Waals surface area contributed by atoms with Crippen LogP contribution in [0.5, 0.6) is 0 Å². The van der Waals surface area contributed by atoms with E-state index in [1.54, 1.807) is 6.92 Å². The van der Waals surface area contributed by atoms with E-state index in [-0.39, 0.29) is 6.61 Å². The van der Waals surface area contributed by atoms with Crippen molar-refractivity contribution in [1.29, 1.82) is 0 Å². The van der Waals surface area contributed by atoms with Crippen LogP contribution >= 0.6 is 7.82 Å². The van der Waals surface area contributed by atoms with E-state index in [0.717, 1.165) is 38.5 Å². The molecule has 0 spiro atoms. The van der Waals surface area contributed by atoms with E-state index in [2.05, 4.69) is 13.8 Å². The van der Waals surface area contributed by atoms with E-state index >= 15 is 0 Å². The van der Waals surface area contributed by atoms with Gasteiger partial charge in [0.05, 0.1) is 12.2 Å². The summed E-state index contributed by atoms with van der Waals surface area (Å²) in [6.07, 6.45) is 32.3. The van der Waals surface area contributed by atoms with Crippen molar-refractivity contribution in [2.75, 3.05) is 6.61 Å². The number of hydrogen-bond acceptors (Lipinski definition) is 5. The predicted octanol–water partition coefficient (Wildman–Crippen LogP) is 10.9. The minimum atomic E-state index is -4.74. The van der Waals surface area contributed by atoms with Crippen LogP contribution in [0.3, 0.4) is 0 Å². The van der Waals surface area contributed by atoms with E-state index in [4.69, 9.17) is 9.63 Å². The molecule has 0 aromatic rings. The zero-order valence-electron chi connectivity index (χ0n) is 30.2. The maximum absolute atomic E-state index is 11.5. The van der Waals surface area contributed by atoms with Gasteiger partial charge in [-0.25, -0.2) is 4.57 Å². The van der Waals surface area contributed by atoms with Crippen molar-refractivity contribution in [3.8, 4) is 0 Å². The van der Waals surface area contributed by atoms with Gasteiger partial charge in [-0.05, 0) is 19.8 Å². The van der Waals surface area contributed by atoms with Gasteiger partial charge in [-0.2, -0.15) is 0 Å². The summed E-state index contributed by atoms with van der Waals surface area (Å²) in [6, 6.07) is 0. The third-order valence-corrected chi connectivity index (χ3v) is 9.29. The summed E-state index contributed by atoms with van der Waals surface area (Å²) >= 11 is 0. The highest BCUT2D eigenvalue weighted by molar-refractivity contribution is 7.46. The maximum atomic E-state index is 11.5. The molecule has 2 unspecified atom stereocenters. The minimum Gasteiger partial charge on any atom is -0.397 e. The van der Waals surface area contributed by atoms with Gasteiger partial charge in [0.15, 0.2) is 0 Å². The van der Waals surface area contributed by atoms with Gasteiger partial charge < -0.3 is 25.1 Å². The molecular formula is C37H79O7P. The first kappa shape index (κ1) is 47.1. The number of aliphatic hydroxyl groups excluding tert-OH is 3. The van der Waals surface area contributed by atoms with Crippen LogP contribution in [0.25, 0.3) is 0 Å². The topological polar surface area (TPSA) is 127 Å². The van der Waals surface area contributed by atoms with Crippen LogP contribution in [0.2, 0.25) is 0 Å². The quantitative estimate of drug-likeness (QED) is 0.0341. The van der Waals surface area contributed by atoms with Crippen molar-refractivity contribution >= 4 is 7.82 Å². The summed E-state index contributed by atoms with van der Waals surface area (Å²) < 4.78 is 16.4. The number of aliphatic hydroxyl groups is 3. The van der Waals surface area contributed by atoms with Crippen molar-refractivity contribution < 1.29 is 34.2 Å². The first-order valence-electron chi connectivity index (χ1n) is 19.4. The molecule has 0 radical (unpaired) electrons. The molecule has 5 N–H and O–H groups in total. The Kier molecular flexibility index (Phi) is 38.5. The number of rotatable bonds is 34. The summed E-state index contributed by atoms with van der Waals surface area (Å²) in [5.74, 6) is 0. The summed E-state index contributed by atoms with van der Waals surface area (Å²) in [4.78, 5) is 18.7. The third kappa shape index (κ3) is 38.3. The van der Waals surface area contributed by atoms with Crippen LogP contribution in [0, 0.1) is 0 Å². The van der Waals surface area contributed by atoms with Gasteiger partial charge in [0, 0.05) is 6.61 Å². The number of phosphoric acid groups is 1. The van der Waals surface area contributed by atoms with Crippen molar-refractivity contribution in [2.24, 2.45) is 0 Å². The van der Waals surface area contributed by atoms with E-state index < -0.39 is 26.1 Å². The normalized spacial score (nSPS) is 13.8. The van der Waals surface area contributed by atoms with Gasteiger partial charge in [0.2, 0.25) is 0 Å². The Balaban J connectivity index is 0. The van der Waals surface area contributed by atoms with E-state index in [1.807, 2.05) is 0 Å². The molecule has 0 aliphatic carbocycles. The molecule has 0 fully saturated rings. The SMILES string of the molecule is CCCCCCCCCCCCCCCCC(O)[C@@H](O)C(CCCCCCCCCCCCCCCC)OP(=O)(O)O.CCO. The number of hydrogen-bond donors (Lipinski definition) is 5. The Bertz CT molecular complexity index is 601. The van der Waals surface area contributed by atoms with Crippen LogP contribution in [-0.2, 0) is 9.09 Å². The van der Waals surface area contributed by atoms with Crippen LogP contribution in [0.4, 0.5) is 0 Å². The fraction of sp³-hybridized carbons (Fsp3) is 1.00. The number of unbranched alkanes of at least 4 members (excludes halogenated alkanes) is 26. The maximum Gasteiger partial charge on any atom is 0.469 e. The molecule has 0 aliphatic heterocycles. The van der Waals surface area contributed by atoms with Crippen LogP contribution in [0.15, 0.2) is 0 Å². The Morgan fingerprint density at radius 3 is 0.978 bits per heavy atom. The van der Waals surface area contributed by atoms with Crippen LogP contribution < -0.4 is 0 Å². The molecule has 0 bridgehead atoms. The average Bonchev–Trinajstić information content (AvgIpc) is 3.00. The lowest BCUT2D eigenvalue weighted by atomic mass is 9.97. The molecule has 0 aromatic heterocycles. The molecule has 0 saturated heterocycles. The van der Waals surface area contributed by atoms with Gasteiger partial charge in [0.25, 0.3) is 0 Å². The van der Waals surface area contributed by atoms with Gasteiger partial charge in [-0.3, -0.25) is 4.52 Å². The molecule has 7 nitrogen and oxygen atoms in total. The molecule has 0 aliphatic rings. The Morgan fingerprint density at radius 2 is 0.711 bits per heavy atom. The minimum absolute atomic E-state index is 0.250. The molecule has 0 saturated carbocycles. The molecule has 0 amide bonds. The Morgan fingerprint density at radius 1 is 0.467 bits per heavy atom. The van der Waals surface area contributed by atoms with Crippen molar-refractivity contribution in [2.45, 2.75) is 232 Å². The molecule has 45 heavy (non-hydrogen) atoms. The molecule has 274 valence electrons. The fourth-order valence-corrected chi connectivity index (χ4v) is 6.55. The fourth-order valence-electron chi connectivity index (χ4n) is 5.97. The zero-order valence-corrected chi connectivity index (χ0v) is 31.0. The zero-order chi connectivity index (χ0) is 33.9. The average molecular weight is 667 g/mol. The highest BCUT2D eigenvalue weighted by atomic mass is 31.2. The molecule has 0 rings (SSSR count). The van der Waals surface area contributed by atoms with Crippen LogP contribution in [-0.4, -0.2) is 50.0 Å². The third-order valence-electron chi connectivity index (χ3n) is 8.74. The molecule has 0 heterocycles. The largest absolute Gasteiger partial charge is 0.469 e. The lowest BCUT2D eigenvalue weighted by Gasteiger charge is -2.27.